The smallest absolute Gasteiger partial charge is 0.00801 e. The summed E-state index contributed by atoms with van der Waals surface area (Å²) in [5, 5.41) is 7.08. The molecule has 0 aromatic carbocycles. The summed E-state index contributed by atoms with van der Waals surface area (Å²) in [6.45, 7) is 12.9. The highest BCUT2D eigenvalue weighted by molar-refractivity contribution is 4.95. The fourth-order valence-electron chi connectivity index (χ4n) is 3.78. The van der Waals surface area contributed by atoms with Crippen LogP contribution in [-0.2, 0) is 0 Å². The second-order valence-electron chi connectivity index (χ2n) is 7.11. The molecule has 1 fully saturated rings. The van der Waals surface area contributed by atoms with E-state index in [1.165, 1.54) is 19.3 Å². The normalized spacial score (nSPS) is 34.3. The van der Waals surface area contributed by atoms with Crippen LogP contribution in [0.2, 0.25) is 0 Å². The lowest BCUT2D eigenvalue weighted by Crippen LogP contribution is -2.49. The van der Waals surface area contributed by atoms with Gasteiger partial charge in [0.1, 0.15) is 0 Å². The maximum Gasteiger partial charge on any atom is 0.00801 e. The Bertz CT molecular complexity index is 223. The first-order valence-corrected chi connectivity index (χ1v) is 6.67. The van der Waals surface area contributed by atoms with Gasteiger partial charge in [-0.3, -0.25) is 0 Å². The van der Waals surface area contributed by atoms with Crippen LogP contribution in [0.1, 0.15) is 53.9 Å². The maximum atomic E-state index is 3.72. The first-order chi connectivity index (χ1) is 7.26. The Morgan fingerprint density at radius 2 is 1.81 bits per heavy atom. The monoisotopic (exact) mass is 226 g/mol. The van der Waals surface area contributed by atoms with Crippen LogP contribution >= 0.6 is 0 Å². The summed E-state index contributed by atoms with van der Waals surface area (Å²) in [4.78, 5) is 0. The lowest BCUT2D eigenvalue weighted by Gasteiger charge is -2.47. The van der Waals surface area contributed by atoms with Gasteiger partial charge in [-0.25, -0.2) is 0 Å². The molecule has 0 aromatic rings. The largest absolute Gasteiger partial charge is 0.319 e. The van der Waals surface area contributed by atoms with Gasteiger partial charge in [-0.15, -0.1) is 0 Å². The van der Waals surface area contributed by atoms with Crippen molar-refractivity contribution in [3.8, 4) is 0 Å². The zero-order chi connectivity index (χ0) is 12.4. The average Bonchev–Trinajstić information content (AvgIpc) is 1.96. The first kappa shape index (κ1) is 14.0. The predicted octanol–water partition coefficient (Wildman–Crippen LogP) is 2.79. The molecule has 0 spiro atoms. The number of hydrogen-bond acceptors (Lipinski definition) is 2. The van der Waals surface area contributed by atoms with Gasteiger partial charge in [0.15, 0.2) is 0 Å². The van der Waals surface area contributed by atoms with Gasteiger partial charge in [-0.05, 0) is 37.1 Å². The standard InChI is InChI=1S/C14H30N2/c1-11(2)16-12-7-13(3,4)9-14(5,8-12)10-15-6/h11-12,15-16H,7-10H2,1-6H3. The molecule has 1 saturated carbocycles. The Labute approximate surface area is 102 Å². The minimum absolute atomic E-state index is 0.447. The number of rotatable bonds is 4. The topological polar surface area (TPSA) is 24.1 Å². The summed E-state index contributed by atoms with van der Waals surface area (Å²) in [5.74, 6) is 0. The molecule has 0 saturated heterocycles. The summed E-state index contributed by atoms with van der Waals surface area (Å²) < 4.78 is 0. The second kappa shape index (κ2) is 5.05. The third kappa shape index (κ3) is 4.06. The van der Waals surface area contributed by atoms with Crippen molar-refractivity contribution in [2.45, 2.75) is 66.0 Å². The fraction of sp³-hybridized carbons (Fsp3) is 1.00. The minimum atomic E-state index is 0.447. The van der Waals surface area contributed by atoms with Gasteiger partial charge < -0.3 is 10.6 Å². The minimum Gasteiger partial charge on any atom is -0.319 e. The summed E-state index contributed by atoms with van der Waals surface area (Å²) >= 11 is 0. The van der Waals surface area contributed by atoms with Gasteiger partial charge in [0.2, 0.25) is 0 Å². The van der Waals surface area contributed by atoms with E-state index < -0.39 is 0 Å². The van der Waals surface area contributed by atoms with Crippen LogP contribution < -0.4 is 10.6 Å². The van der Waals surface area contributed by atoms with Crippen LogP contribution in [0.4, 0.5) is 0 Å². The van der Waals surface area contributed by atoms with Gasteiger partial charge in [-0.2, -0.15) is 0 Å². The highest BCUT2D eigenvalue weighted by atomic mass is 15.0. The van der Waals surface area contributed by atoms with Crippen LogP contribution in [0.3, 0.4) is 0 Å². The maximum absolute atomic E-state index is 3.72. The lowest BCUT2D eigenvalue weighted by molar-refractivity contribution is 0.0691. The van der Waals surface area contributed by atoms with Crippen LogP contribution in [0.15, 0.2) is 0 Å². The van der Waals surface area contributed by atoms with Gasteiger partial charge in [0, 0.05) is 18.6 Å². The highest BCUT2D eigenvalue weighted by Gasteiger charge is 2.40. The SMILES string of the molecule is CNCC1(C)CC(NC(C)C)CC(C)(C)C1. The van der Waals surface area contributed by atoms with E-state index in [0.29, 0.717) is 22.9 Å². The summed E-state index contributed by atoms with van der Waals surface area (Å²) in [5.41, 5.74) is 0.916. The summed E-state index contributed by atoms with van der Waals surface area (Å²) in [6, 6.07) is 1.28. The van der Waals surface area contributed by atoms with Crippen molar-refractivity contribution in [2.24, 2.45) is 10.8 Å². The molecule has 0 aliphatic heterocycles. The Balaban J connectivity index is 2.69. The number of nitrogens with one attached hydrogen (secondary N) is 2. The third-order valence-electron chi connectivity index (χ3n) is 3.62. The molecular formula is C14H30N2. The van der Waals surface area contributed by atoms with Crippen LogP contribution in [-0.4, -0.2) is 25.7 Å². The lowest BCUT2D eigenvalue weighted by atomic mass is 9.62. The highest BCUT2D eigenvalue weighted by Crippen LogP contribution is 2.45. The summed E-state index contributed by atoms with van der Waals surface area (Å²) in [7, 11) is 2.07. The van der Waals surface area contributed by atoms with Gasteiger partial charge >= 0.3 is 0 Å². The molecule has 0 heterocycles. The molecular weight excluding hydrogens is 196 g/mol. The molecule has 2 atom stereocenters. The molecule has 0 amide bonds. The van der Waals surface area contributed by atoms with Crippen LogP contribution in [0.5, 0.6) is 0 Å². The molecule has 2 N–H and O–H groups in total. The van der Waals surface area contributed by atoms with E-state index in [-0.39, 0.29) is 0 Å². The molecule has 96 valence electrons. The molecule has 2 nitrogen and oxygen atoms in total. The van der Waals surface area contributed by atoms with Crippen molar-refractivity contribution >= 4 is 0 Å². The molecule has 1 aliphatic rings. The summed E-state index contributed by atoms with van der Waals surface area (Å²) in [6.07, 6.45) is 3.94. The van der Waals surface area contributed by atoms with Crippen molar-refractivity contribution in [1.29, 1.82) is 0 Å². The zero-order valence-electron chi connectivity index (χ0n) is 12.0. The van der Waals surface area contributed by atoms with Crippen molar-refractivity contribution < 1.29 is 0 Å². The molecule has 0 radical (unpaired) electrons. The van der Waals surface area contributed by atoms with E-state index in [9.17, 15) is 0 Å². The van der Waals surface area contributed by atoms with Crippen LogP contribution in [0, 0.1) is 10.8 Å². The van der Waals surface area contributed by atoms with E-state index in [0.717, 1.165) is 6.54 Å². The molecule has 2 unspecified atom stereocenters. The van der Waals surface area contributed by atoms with Crippen LogP contribution in [0.25, 0.3) is 0 Å². The van der Waals surface area contributed by atoms with E-state index in [2.05, 4.69) is 52.3 Å². The van der Waals surface area contributed by atoms with Crippen molar-refractivity contribution in [3.05, 3.63) is 0 Å². The molecule has 0 aromatic heterocycles. The van der Waals surface area contributed by atoms with E-state index >= 15 is 0 Å². The molecule has 1 aliphatic carbocycles. The second-order valence-corrected chi connectivity index (χ2v) is 7.11. The molecule has 2 heteroatoms. The Morgan fingerprint density at radius 1 is 1.19 bits per heavy atom. The Kier molecular flexibility index (Phi) is 4.42. The van der Waals surface area contributed by atoms with E-state index in [4.69, 9.17) is 0 Å². The Hall–Kier alpha value is -0.0800. The molecule has 16 heavy (non-hydrogen) atoms. The van der Waals surface area contributed by atoms with E-state index in [1.807, 2.05) is 0 Å². The third-order valence-corrected chi connectivity index (χ3v) is 3.62. The zero-order valence-corrected chi connectivity index (χ0v) is 12.0. The quantitative estimate of drug-likeness (QED) is 0.770. The fourth-order valence-corrected chi connectivity index (χ4v) is 3.78. The van der Waals surface area contributed by atoms with Gasteiger partial charge in [0.05, 0.1) is 0 Å². The van der Waals surface area contributed by atoms with Crippen molar-refractivity contribution in [1.82, 2.24) is 10.6 Å². The number of hydrogen-bond donors (Lipinski definition) is 2. The van der Waals surface area contributed by atoms with Crippen molar-refractivity contribution in [2.75, 3.05) is 13.6 Å². The van der Waals surface area contributed by atoms with Crippen molar-refractivity contribution in [3.63, 3.8) is 0 Å². The van der Waals surface area contributed by atoms with E-state index in [1.54, 1.807) is 0 Å². The molecule has 1 rings (SSSR count). The first-order valence-electron chi connectivity index (χ1n) is 6.67. The molecule has 0 bridgehead atoms. The average molecular weight is 226 g/mol. The van der Waals surface area contributed by atoms with Gasteiger partial charge in [-0.1, -0.05) is 34.6 Å². The van der Waals surface area contributed by atoms with Gasteiger partial charge in [0.25, 0.3) is 0 Å². The Morgan fingerprint density at radius 3 is 2.31 bits per heavy atom. The predicted molar refractivity (Wildman–Crippen MR) is 71.7 cm³/mol.